The smallest absolute Gasteiger partial charge is 0.179 e. The number of ether oxygens (including phenoxy) is 2. The summed E-state index contributed by atoms with van der Waals surface area (Å²) in [6, 6.07) is 3.76. The van der Waals surface area contributed by atoms with Crippen molar-refractivity contribution >= 4 is 11.6 Å². The average molecular weight is 230 g/mol. The van der Waals surface area contributed by atoms with Crippen LogP contribution in [0.1, 0.15) is 12.0 Å². The Morgan fingerprint density at radius 3 is 2.40 bits per heavy atom. The lowest BCUT2D eigenvalue weighted by Gasteiger charge is -2.13. The van der Waals surface area contributed by atoms with Gasteiger partial charge >= 0.3 is 0 Å². The second kappa shape index (κ2) is 5.83. The van der Waals surface area contributed by atoms with Gasteiger partial charge in [-0.15, -0.1) is 0 Å². The molecule has 1 rings (SSSR count). The molecule has 0 bridgehead atoms. The van der Waals surface area contributed by atoms with E-state index < -0.39 is 0 Å². The Labute approximate surface area is 95.1 Å². The molecule has 0 spiro atoms. The number of benzene rings is 1. The van der Waals surface area contributed by atoms with Crippen molar-refractivity contribution in [2.75, 3.05) is 20.8 Å². The van der Waals surface area contributed by atoms with E-state index in [2.05, 4.69) is 0 Å². The zero-order valence-electron chi connectivity index (χ0n) is 9.05. The van der Waals surface area contributed by atoms with Crippen molar-refractivity contribution in [3.05, 3.63) is 22.7 Å². The first-order valence-electron chi connectivity index (χ1n) is 4.84. The molecule has 4 heteroatoms. The van der Waals surface area contributed by atoms with Crippen LogP contribution >= 0.6 is 11.6 Å². The Bertz CT molecular complexity index is 329. The van der Waals surface area contributed by atoms with Crippen LogP contribution in [0.2, 0.25) is 5.02 Å². The third-order valence-electron chi connectivity index (χ3n) is 2.20. The van der Waals surface area contributed by atoms with Gasteiger partial charge in [0.05, 0.1) is 19.2 Å². The molecule has 0 radical (unpaired) electrons. The number of halogens is 1. The molecular weight excluding hydrogens is 214 g/mol. The Morgan fingerprint density at radius 2 is 1.87 bits per heavy atom. The van der Waals surface area contributed by atoms with E-state index in [0.717, 1.165) is 18.4 Å². The minimum Gasteiger partial charge on any atom is -0.493 e. The van der Waals surface area contributed by atoms with Crippen molar-refractivity contribution < 1.29 is 9.47 Å². The summed E-state index contributed by atoms with van der Waals surface area (Å²) in [6.07, 6.45) is 1.79. The second-order valence-corrected chi connectivity index (χ2v) is 3.57. The number of methoxy groups -OCH3 is 2. The molecule has 0 unspecified atom stereocenters. The molecule has 84 valence electrons. The SMILES string of the molecule is COc1c(Cl)ccc(CCCN)c1OC. The van der Waals surface area contributed by atoms with Gasteiger partial charge in [-0.05, 0) is 31.0 Å². The lowest BCUT2D eigenvalue weighted by molar-refractivity contribution is 0.351. The van der Waals surface area contributed by atoms with Gasteiger partial charge in [0.1, 0.15) is 0 Å². The average Bonchev–Trinajstić information content (AvgIpc) is 2.26. The summed E-state index contributed by atoms with van der Waals surface area (Å²) in [6.45, 7) is 0.661. The van der Waals surface area contributed by atoms with E-state index in [0.29, 0.717) is 23.1 Å². The molecule has 0 fully saturated rings. The second-order valence-electron chi connectivity index (χ2n) is 3.17. The molecule has 2 N–H and O–H groups in total. The van der Waals surface area contributed by atoms with Crippen LogP contribution < -0.4 is 15.2 Å². The first kappa shape index (κ1) is 12.1. The van der Waals surface area contributed by atoms with Gasteiger partial charge in [0.2, 0.25) is 0 Å². The van der Waals surface area contributed by atoms with Gasteiger partial charge in [-0.3, -0.25) is 0 Å². The molecule has 1 aromatic carbocycles. The molecule has 0 aliphatic rings. The van der Waals surface area contributed by atoms with Crippen LogP contribution in [0.15, 0.2) is 12.1 Å². The van der Waals surface area contributed by atoms with Gasteiger partial charge < -0.3 is 15.2 Å². The van der Waals surface area contributed by atoms with Crippen LogP contribution in [0.4, 0.5) is 0 Å². The third-order valence-corrected chi connectivity index (χ3v) is 2.50. The number of rotatable bonds is 5. The van der Waals surface area contributed by atoms with Gasteiger partial charge in [0, 0.05) is 0 Å². The van der Waals surface area contributed by atoms with Crippen LogP contribution in [0, 0.1) is 0 Å². The number of hydrogen-bond acceptors (Lipinski definition) is 3. The molecule has 15 heavy (non-hydrogen) atoms. The Kier molecular flexibility index (Phi) is 4.72. The van der Waals surface area contributed by atoms with E-state index in [4.69, 9.17) is 26.8 Å². The summed E-state index contributed by atoms with van der Waals surface area (Å²) >= 11 is 5.98. The zero-order valence-corrected chi connectivity index (χ0v) is 9.80. The molecule has 0 amide bonds. The standard InChI is InChI=1S/C11H16ClNO2/c1-14-10-8(4-3-7-13)5-6-9(12)11(10)15-2/h5-6H,3-4,7,13H2,1-2H3. The van der Waals surface area contributed by atoms with E-state index in [-0.39, 0.29) is 0 Å². The third kappa shape index (κ3) is 2.76. The molecule has 0 atom stereocenters. The van der Waals surface area contributed by atoms with Crippen LogP contribution in [0.3, 0.4) is 0 Å². The van der Waals surface area contributed by atoms with Crippen molar-refractivity contribution in [1.29, 1.82) is 0 Å². The van der Waals surface area contributed by atoms with Crippen LogP contribution in [0.5, 0.6) is 11.5 Å². The maximum Gasteiger partial charge on any atom is 0.179 e. The van der Waals surface area contributed by atoms with Crippen molar-refractivity contribution in [3.8, 4) is 11.5 Å². The van der Waals surface area contributed by atoms with Gasteiger partial charge in [0.25, 0.3) is 0 Å². The Morgan fingerprint density at radius 1 is 1.20 bits per heavy atom. The first-order chi connectivity index (χ1) is 7.24. The summed E-state index contributed by atoms with van der Waals surface area (Å²) in [7, 11) is 3.19. The van der Waals surface area contributed by atoms with Gasteiger partial charge in [-0.2, -0.15) is 0 Å². The number of hydrogen-bond donors (Lipinski definition) is 1. The van der Waals surface area contributed by atoms with Crippen molar-refractivity contribution in [2.45, 2.75) is 12.8 Å². The summed E-state index contributed by atoms with van der Waals surface area (Å²) in [5.41, 5.74) is 6.54. The molecule has 1 aromatic rings. The van der Waals surface area contributed by atoms with Crippen molar-refractivity contribution in [1.82, 2.24) is 0 Å². The predicted octanol–water partition coefficient (Wildman–Crippen LogP) is 2.25. The van der Waals surface area contributed by atoms with Crippen LogP contribution in [-0.4, -0.2) is 20.8 Å². The zero-order chi connectivity index (χ0) is 11.3. The summed E-state index contributed by atoms with van der Waals surface area (Å²) in [5, 5.41) is 0.561. The highest BCUT2D eigenvalue weighted by molar-refractivity contribution is 6.32. The molecular formula is C11H16ClNO2. The van der Waals surface area contributed by atoms with Crippen molar-refractivity contribution in [2.24, 2.45) is 5.73 Å². The minimum absolute atomic E-state index is 0.561. The maximum absolute atomic E-state index is 5.98. The lowest BCUT2D eigenvalue weighted by atomic mass is 10.1. The topological polar surface area (TPSA) is 44.5 Å². The number of aryl methyl sites for hydroxylation is 1. The quantitative estimate of drug-likeness (QED) is 0.842. The summed E-state index contributed by atoms with van der Waals surface area (Å²) in [4.78, 5) is 0. The normalized spacial score (nSPS) is 10.1. The van der Waals surface area contributed by atoms with Crippen LogP contribution in [-0.2, 0) is 6.42 Å². The molecule has 0 saturated carbocycles. The largest absolute Gasteiger partial charge is 0.493 e. The van der Waals surface area contributed by atoms with Crippen molar-refractivity contribution in [3.63, 3.8) is 0 Å². The van der Waals surface area contributed by atoms with Gasteiger partial charge in [-0.1, -0.05) is 17.7 Å². The highest BCUT2D eigenvalue weighted by Crippen LogP contribution is 2.38. The Hall–Kier alpha value is -0.930. The molecule has 0 aliphatic carbocycles. The highest BCUT2D eigenvalue weighted by Gasteiger charge is 2.13. The fourth-order valence-corrected chi connectivity index (χ4v) is 1.71. The minimum atomic E-state index is 0.561. The molecule has 3 nitrogen and oxygen atoms in total. The monoisotopic (exact) mass is 229 g/mol. The Balaban J connectivity index is 3.05. The van der Waals surface area contributed by atoms with Gasteiger partial charge in [-0.25, -0.2) is 0 Å². The van der Waals surface area contributed by atoms with Gasteiger partial charge in [0.15, 0.2) is 11.5 Å². The van der Waals surface area contributed by atoms with E-state index in [1.807, 2.05) is 12.1 Å². The summed E-state index contributed by atoms with van der Waals surface area (Å²) < 4.78 is 10.5. The van der Waals surface area contributed by atoms with Crippen LogP contribution in [0.25, 0.3) is 0 Å². The lowest BCUT2D eigenvalue weighted by Crippen LogP contribution is -2.02. The van der Waals surface area contributed by atoms with E-state index >= 15 is 0 Å². The predicted molar refractivity (Wildman–Crippen MR) is 61.9 cm³/mol. The molecule has 0 saturated heterocycles. The first-order valence-corrected chi connectivity index (χ1v) is 5.21. The highest BCUT2D eigenvalue weighted by atomic mass is 35.5. The molecule has 0 aliphatic heterocycles. The fraction of sp³-hybridized carbons (Fsp3) is 0.455. The maximum atomic E-state index is 5.98. The van der Waals surface area contributed by atoms with E-state index in [1.165, 1.54) is 0 Å². The van der Waals surface area contributed by atoms with E-state index in [1.54, 1.807) is 14.2 Å². The van der Waals surface area contributed by atoms with E-state index in [9.17, 15) is 0 Å². The molecule has 0 aromatic heterocycles. The summed E-state index contributed by atoms with van der Waals surface area (Å²) in [5.74, 6) is 1.30. The fourth-order valence-electron chi connectivity index (χ4n) is 1.48. The molecule has 0 heterocycles. The number of nitrogens with two attached hydrogens (primary N) is 1.